The average molecular weight is 138 g/mol. The first-order valence-corrected chi connectivity index (χ1v) is 4.18. The van der Waals surface area contributed by atoms with Crippen molar-refractivity contribution in [2.75, 3.05) is 6.61 Å². The van der Waals surface area contributed by atoms with Gasteiger partial charge in [-0.3, -0.25) is 0 Å². The summed E-state index contributed by atoms with van der Waals surface area (Å²) in [6.45, 7) is 1.03. The van der Waals surface area contributed by atoms with E-state index in [4.69, 9.17) is 9.47 Å². The molecule has 4 rings (SSSR count). The summed E-state index contributed by atoms with van der Waals surface area (Å²) in [6.07, 6.45) is 4.00. The van der Waals surface area contributed by atoms with Gasteiger partial charge in [-0.15, -0.1) is 0 Å². The lowest BCUT2D eigenvalue weighted by Gasteiger charge is -2.12. The lowest BCUT2D eigenvalue weighted by atomic mass is 9.89. The minimum absolute atomic E-state index is 0.350. The van der Waals surface area contributed by atoms with Crippen LogP contribution in [-0.2, 0) is 9.47 Å². The molecule has 1 spiro atoms. The van der Waals surface area contributed by atoms with Crippen molar-refractivity contribution in [3.63, 3.8) is 0 Å². The predicted octanol–water partition coefficient (Wildman–Crippen LogP) is 0.563. The molecule has 5 unspecified atom stereocenters. The van der Waals surface area contributed by atoms with Crippen molar-refractivity contribution in [2.24, 2.45) is 11.8 Å². The van der Waals surface area contributed by atoms with E-state index in [2.05, 4.69) is 0 Å². The molecule has 2 saturated carbocycles. The summed E-state index contributed by atoms with van der Waals surface area (Å²) in [5.74, 6) is 1.67. The molecule has 0 aromatic rings. The van der Waals surface area contributed by atoms with Gasteiger partial charge in [0.05, 0.1) is 24.4 Å². The van der Waals surface area contributed by atoms with E-state index in [0.29, 0.717) is 17.8 Å². The third-order valence-corrected chi connectivity index (χ3v) is 3.78. The van der Waals surface area contributed by atoms with Gasteiger partial charge in [0, 0.05) is 5.92 Å². The standard InChI is InChI=1S/C8H10O2/c1-4-2-8(3-9-8)5(1)7-6(4)10-7/h4-7H,1-3H2. The fourth-order valence-corrected chi connectivity index (χ4v) is 3.17. The summed E-state index contributed by atoms with van der Waals surface area (Å²) in [6, 6.07) is 0. The first-order valence-electron chi connectivity index (χ1n) is 4.18. The van der Waals surface area contributed by atoms with Crippen LogP contribution in [0.1, 0.15) is 12.8 Å². The Hall–Kier alpha value is -0.0800. The zero-order valence-corrected chi connectivity index (χ0v) is 5.75. The van der Waals surface area contributed by atoms with Gasteiger partial charge in [-0.05, 0) is 18.8 Å². The zero-order valence-electron chi connectivity index (χ0n) is 5.75. The number of hydrogen-bond donors (Lipinski definition) is 0. The van der Waals surface area contributed by atoms with E-state index in [9.17, 15) is 0 Å². The number of ether oxygens (including phenoxy) is 2. The van der Waals surface area contributed by atoms with Crippen LogP contribution in [0.2, 0.25) is 0 Å². The third-order valence-electron chi connectivity index (χ3n) is 3.78. The quantitative estimate of drug-likeness (QED) is 0.457. The highest BCUT2D eigenvalue weighted by atomic mass is 16.6. The Morgan fingerprint density at radius 2 is 2.20 bits per heavy atom. The van der Waals surface area contributed by atoms with Crippen LogP contribution in [0.5, 0.6) is 0 Å². The van der Waals surface area contributed by atoms with Crippen LogP contribution in [0.25, 0.3) is 0 Å². The van der Waals surface area contributed by atoms with Gasteiger partial charge in [-0.25, -0.2) is 0 Å². The minimum Gasteiger partial charge on any atom is -0.369 e. The van der Waals surface area contributed by atoms with E-state index in [1.807, 2.05) is 0 Å². The molecule has 5 atom stereocenters. The van der Waals surface area contributed by atoms with E-state index < -0.39 is 0 Å². The van der Waals surface area contributed by atoms with Crippen LogP contribution in [0.15, 0.2) is 0 Å². The molecule has 0 N–H and O–H groups in total. The molecule has 10 heavy (non-hydrogen) atoms. The van der Waals surface area contributed by atoms with Gasteiger partial charge in [-0.1, -0.05) is 0 Å². The molecule has 0 amide bonds. The molecule has 0 aromatic carbocycles. The fourth-order valence-electron chi connectivity index (χ4n) is 3.17. The highest BCUT2D eigenvalue weighted by Gasteiger charge is 2.73. The van der Waals surface area contributed by atoms with E-state index >= 15 is 0 Å². The van der Waals surface area contributed by atoms with Crippen LogP contribution in [0.4, 0.5) is 0 Å². The van der Waals surface area contributed by atoms with Gasteiger partial charge in [0.1, 0.15) is 0 Å². The highest BCUT2D eigenvalue weighted by Crippen LogP contribution is 2.65. The zero-order chi connectivity index (χ0) is 6.34. The van der Waals surface area contributed by atoms with Crippen molar-refractivity contribution in [2.45, 2.75) is 30.7 Å². The molecule has 4 aliphatic rings. The molecule has 2 nitrogen and oxygen atoms in total. The summed E-state index contributed by atoms with van der Waals surface area (Å²) in [5, 5.41) is 0. The van der Waals surface area contributed by atoms with Crippen LogP contribution in [0, 0.1) is 11.8 Å². The monoisotopic (exact) mass is 138 g/mol. The maximum absolute atomic E-state index is 5.54. The molecular formula is C8H10O2. The molecule has 2 aliphatic carbocycles. The Bertz CT molecular complexity index is 209. The maximum atomic E-state index is 5.54. The molecule has 2 aliphatic heterocycles. The average Bonchev–Trinajstić information content (AvgIpc) is 2.77. The van der Waals surface area contributed by atoms with E-state index in [-0.39, 0.29) is 0 Å². The molecule has 2 heteroatoms. The van der Waals surface area contributed by atoms with Gasteiger partial charge >= 0.3 is 0 Å². The van der Waals surface area contributed by atoms with E-state index in [1.165, 1.54) is 12.8 Å². The highest BCUT2D eigenvalue weighted by molar-refractivity contribution is 5.21. The van der Waals surface area contributed by atoms with Gasteiger partial charge in [-0.2, -0.15) is 0 Å². The van der Waals surface area contributed by atoms with Crippen molar-refractivity contribution < 1.29 is 9.47 Å². The Morgan fingerprint density at radius 1 is 1.30 bits per heavy atom. The SMILES string of the molecule is C1C2CC3(CO3)C1C1OC21. The summed E-state index contributed by atoms with van der Waals surface area (Å²) in [7, 11) is 0. The molecule has 2 heterocycles. The third kappa shape index (κ3) is 0.330. The first kappa shape index (κ1) is 4.73. The van der Waals surface area contributed by atoms with Crippen LogP contribution < -0.4 is 0 Å². The molecular weight excluding hydrogens is 128 g/mol. The molecule has 0 radical (unpaired) electrons. The largest absolute Gasteiger partial charge is 0.369 e. The van der Waals surface area contributed by atoms with E-state index in [1.54, 1.807) is 0 Å². The maximum Gasteiger partial charge on any atom is 0.0973 e. The second-order valence-corrected chi connectivity index (χ2v) is 4.23. The Balaban J connectivity index is 1.84. The van der Waals surface area contributed by atoms with Gasteiger partial charge in [0.15, 0.2) is 0 Å². The van der Waals surface area contributed by atoms with Crippen LogP contribution in [0.3, 0.4) is 0 Å². The second kappa shape index (κ2) is 1.07. The van der Waals surface area contributed by atoms with Crippen LogP contribution >= 0.6 is 0 Å². The smallest absolute Gasteiger partial charge is 0.0973 e. The molecule has 2 bridgehead atoms. The van der Waals surface area contributed by atoms with Crippen molar-refractivity contribution in [3.05, 3.63) is 0 Å². The topological polar surface area (TPSA) is 25.1 Å². The predicted molar refractivity (Wildman–Crippen MR) is 33.6 cm³/mol. The Labute approximate surface area is 59.5 Å². The number of rotatable bonds is 0. The lowest BCUT2D eigenvalue weighted by Crippen LogP contribution is -2.25. The van der Waals surface area contributed by atoms with E-state index in [0.717, 1.165) is 18.4 Å². The molecule has 2 saturated heterocycles. The molecule has 0 aromatic heterocycles. The fraction of sp³-hybridized carbons (Fsp3) is 1.00. The second-order valence-electron chi connectivity index (χ2n) is 4.23. The lowest BCUT2D eigenvalue weighted by molar-refractivity contribution is 0.206. The number of epoxide rings is 2. The van der Waals surface area contributed by atoms with Crippen molar-refractivity contribution >= 4 is 0 Å². The summed E-state index contributed by atoms with van der Waals surface area (Å²) in [5.41, 5.74) is 0.350. The van der Waals surface area contributed by atoms with Crippen molar-refractivity contribution in [3.8, 4) is 0 Å². The van der Waals surface area contributed by atoms with Gasteiger partial charge in [0.2, 0.25) is 0 Å². The Kier molecular flexibility index (Phi) is 0.504. The summed E-state index contributed by atoms with van der Waals surface area (Å²) >= 11 is 0. The molecule has 4 fully saturated rings. The van der Waals surface area contributed by atoms with Gasteiger partial charge in [0.25, 0.3) is 0 Å². The number of hydrogen-bond acceptors (Lipinski definition) is 2. The van der Waals surface area contributed by atoms with Gasteiger partial charge < -0.3 is 9.47 Å². The van der Waals surface area contributed by atoms with Crippen LogP contribution in [-0.4, -0.2) is 24.4 Å². The van der Waals surface area contributed by atoms with Crippen molar-refractivity contribution in [1.82, 2.24) is 0 Å². The summed E-state index contributed by atoms with van der Waals surface area (Å²) in [4.78, 5) is 0. The number of fused-ring (bicyclic) bond motifs is 6. The first-order chi connectivity index (χ1) is 4.89. The van der Waals surface area contributed by atoms with Crippen molar-refractivity contribution in [1.29, 1.82) is 0 Å². The molecule has 54 valence electrons. The minimum atomic E-state index is 0.350. The Morgan fingerprint density at radius 3 is 2.80 bits per heavy atom. The normalized spacial score (nSPS) is 74.4. The summed E-state index contributed by atoms with van der Waals surface area (Å²) < 4.78 is 11.0.